The lowest BCUT2D eigenvalue weighted by molar-refractivity contribution is 0.102. The number of rotatable bonds is 3. The Morgan fingerprint density at radius 2 is 2.15 bits per heavy atom. The zero-order valence-electron chi connectivity index (χ0n) is 10.4. The largest absolute Gasteiger partial charge is 0.481 e. The molecule has 0 bridgehead atoms. The topological polar surface area (TPSA) is 90.1 Å². The first-order chi connectivity index (χ1) is 9.49. The van der Waals surface area contributed by atoms with Crippen LogP contribution in [0.1, 0.15) is 10.4 Å². The average molecular weight is 358 g/mol. The second kappa shape index (κ2) is 6.06. The predicted molar refractivity (Wildman–Crippen MR) is 80.1 cm³/mol. The van der Waals surface area contributed by atoms with Crippen LogP contribution in [-0.2, 0) is 0 Å². The Bertz CT molecular complexity index is 666. The van der Waals surface area contributed by atoms with Crippen LogP contribution < -0.4 is 15.8 Å². The van der Waals surface area contributed by atoms with Crippen LogP contribution in [0.5, 0.6) is 5.88 Å². The number of nitrogens with zero attached hydrogens (tertiary/aromatic N) is 2. The fourth-order valence-corrected chi connectivity index (χ4v) is 1.99. The van der Waals surface area contributed by atoms with Crippen LogP contribution in [-0.4, -0.2) is 23.0 Å². The van der Waals surface area contributed by atoms with E-state index in [1.807, 2.05) is 0 Å². The molecule has 0 atom stereocenters. The summed E-state index contributed by atoms with van der Waals surface area (Å²) in [6.07, 6.45) is 0. The molecule has 1 heterocycles. The maximum atomic E-state index is 12.1. The molecule has 1 aromatic carbocycles. The monoisotopic (exact) mass is 356 g/mol. The molecule has 0 radical (unpaired) electrons. The third kappa shape index (κ3) is 3.37. The van der Waals surface area contributed by atoms with Gasteiger partial charge < -0.3 is 10.5 Å². The van der Waals surface area contributed by atoms with E-state index >= 15 is 0 Å². The summed E-state index contributed by atoms with van der Waals surface area (Å²) in [4.78, 5) is 20.0. The molecule has 3 N–H and O–H groups in total. The van der Waals surface area contributed by atoms with E-state index in [4.69, 9.17) is 22.1 Å². The highest BCUT2D eigenvalue weighted by atomic mass is 79.9. The molecule has 0 unspecified atom stereocenters. The van der Waals surface area contributed by atoms with E-state index in [-0.39, 0.29) is 17.0 Å². The van der Waals surface area contributed by atoms with Crippen molar-refractivity contribution in [2.45, 2.75) is 0 Å². The summed E-state index contributed by atoms with van der Waals surface area (Å²) in [5, 5.41) is 2.68. The van der Waals surface area contributed by atoms with Crippen LogP contribution >= 0.6 is 27.5 Å². The number of halogens is 2. The molecule has 6 nitrogen and oxygen atoms in total. The van der Waals surface area contributed by atoms with Gasteiger partial charge in [-0.15, -0.1) is 0 Å². The summed E-state index contributed by atoms with van der Waals surface area (Å²) in [6.45, 7) is 0. The molecular formula is C12H10BrClN4O2. The van der Waals surface area contributed by atoms with Crippen LogP contribution in [0.2, 0.25) is 5.15 Å². The van der Waals surface area contributed by atoms with Crippen molar-refractivity contribution in [1.29, 1.82) is 0 Å². The molecule has 8 heteroatoms. The lowest BCUT2D eigenvalue weighted by atomic mass is 10.2. The Morgan fingerprint density at radius 3 is 2.85 bits per heavy atom. The number of amides is 1. The zero-order chi connectivity index (χ0) is 14.7. The smallest absolute Gasteiger partial charge is 0.260 e. The number of hydrogen-bond donors (Lipinski definition) is 2. The van der Waals surface area contributed by atoms with Crippen molar-refractivity contribution in [3.8, 4) is 5.88 Å². The lowest BCUT2D eigenvalue weighted by Gasteiger charge is -2.08. The van der Waals surface area contributed by atoms with E-state index in [1.165, 1.54) is 13.2 Å². The van der Waals surface area contributed by atoms with Crippen molar-refractivity contribution in [2.24, 2.45) is 0 Å². The molecule has 104 valence electrons. The van der Waals surface area contributed by atoms with Crippen molar-refractivity contribution in [2.75, 3.05) is 18.2 Å². The number of aromatic nitrogens is 2. The van der Waals surface area contributed by atoms with Crippen LogP contribution in [0.3, 0.4) is 0 Å². The van der Waals surface area contributed by atoms with Gasteiger partial charge in [0.15, 0.2) is 0 Å². The Morgan fingerprint density at radius 1 is 1.40 bits per heavy atom. The lowest BCUT2D eigenvalue weighted by Crippen LogP contribution is -2.16. The molecule has 0 aliphatic carbocycles. The number of nitrogens with two attached hydrogens (primary N) is 1. The molecule has 2 aromatic rings. The normalized spacial score (nSPS) is 10.2. The molecular weight excluding hydrogens is 348 g/mol. The minimum atomic E-state index is -0.437. The molecule has 0 spiro atoms. The molecule has 0 aliphatic rings. The zero-order valence-corrected chi connectivity index (χ0v) is 12.7. The van der Waals surface area contributed by atoms with Crippen LogP contribution in [0, 0.1) is 0 Å². The van der Waals surface area contributed by atoms with E-state index in [9.17, 15) is 4.79 Å². The van der Waals surface area contributed by atoms with Gasteiger partial charge in [-0.1, -0.05) is 27.5 Å². The highest BCUT2D eigenvalue weighted by Crippen LogP contribution is 2.20. The fourth-order valence-electron chi connectivity index (χ4n) is 1.45. The number of nitrogens with one attached hydrogen (secondary N) is 1. The number of nitrogen functional groups attached to an aromatic ring is 1. The minimum Gasteiger partial charge on any atom is -0.481 e. The molecule has 2 rings (SSSR count). The maximum absolute atomic E-state index is 12.1. The number of carbonyl (C=O) groups excluding carboxylic acids is 1. The Hall–Kier alpha value is -1.86. The summed E-state index contributed by atoms with van der Waals surface area (Å²) in [6, 6.07) is 6.40. The van der Waals surface area contributed by atoms with Crippen LogP contribution in [0.4, 0.5) is 11.6 Å². The van der Waals surface area contributed by atoms with Gasteiger partial charge in [0.05, 0.1) is 12.7 Å². The Labute approximate surface area is 128 Å². The first-order valence-electron chi connectivity index (χ1n) is 5.44. The quantitative estimate of drug-likeness (QED) is 0.651. The minimum absolute atomic E-state index is 0.0405. The van der Waals surface area contributed by atoms with E-state index in [2.05, 4.69) is 31.2 Å². The number of benzene rings is 1. The molecule has 0 aliphatic heterocycles. The number of methoxy groups -OCH3 is 1. The van der Waals surface area contributed by atoms with Gasteiger partial charge in [0.2, 0.25) is 11.8 Å². The standard InChI is InChI=1S/C12H10BrClN4O2/c1-20-10-5-9(14)16-12(17-10)18-11(19)7-4-6(13)2-3-8(7)15/h2-5H,15H2,1H3,(H,16,17,18,19). The summed E-state index contributed by atoms with van der Waals surface area (Å²) in [7, 11) is 1.44. The van der Waals surface area contributed by atoms with Gasteiger partial charge in [-0.2, -0.15) is 4.98 Å². The van der Waals surface area contributed by atoms with Gasteiger partial charge in [0.25, 0.3) is 5.91 Å². The average Bonchev–Trinajstić information content (AvgIpc) is 2.40. The third-order valence-corrected chi connectivity index (χ3v) is 3.05. The number of anilines is 2. The summed E-state index contributed by atoms with van der Waals surface area (Å²) >= 11 is 9.08. The number of hydrogen-bond acceptors (Lipinski definition) is 5. The van der Waals surface area contributed by atoms with Gasteiger partial charge in [0.1, 0.15) is 5.15 Å². The van der Waals surface area contributed by atoms with Crippen LogP contribution in [0.15, 0.2) is 28.7 Å². The molecule has 0 saturated heterocycles. The van der Waals surface area contributed by atoms with E-state index < -0.39 is 5.91 Å². The van der Waals surface area contributed by atoms with E-state index in [1.54, 1.807) is 18.2 Å². The van der Waals surface area contributed by atoms with Gasteiger partial charge in [-0.25, -0.2) is 4.98 Å². The predicted octanol–water partition coefficient (Wildman–Crippen LogP) is 2.74. The Kier molecular flexibility index (Phi) is 4.41. The number of ether oxygens (including phenoxy) is 1. The van der Waals surface area contributed by atoms with Gasteiger partial charge in [0, 0.05) is 16.2 Å². The third-order valence-electron chi connectivity index (χ3n) is 2.37. The second-order valence-electron chi connectivity index (χ2n) is 3.74. The van der Waals surface area contributed by atoms with Crippen molar-refractivity contribution in [3.05, 3.63) is 39.5 Å². The maximum Gasteiger partial charge on any atom is 0.260 e. The number of carbonyl (C=O) groups is 1. The molecule has 0 fully saturated rings. The fraction of sp³-hybridized carbons (Fsp3) is 0.0833. The van der Waals surface area contributed by atoms with Crippen molar-refractivity contribution < 1.29 is 9.53 Å². The summed E-state index contributed by atoms with van der Waals surface area (Å²) in [5.41, 5.74) is 6.41. The second-order valence-corrected chi connectivity index (χ2v) is 5.05. The highest BCUT2D eigenvalue weighted by Gasteiger charge is 2.13. The van der Waals surface area contributed by atoms with Crippen LogP contribution in [0.25, 0.3) is 0 Å². The van der Waals surface area contributed by atoms with Crippen molar-refractivity contribution in [3.63, 3.8) is 0 Å². The van der Waals surface area contributed by atoms with E-state index in [0.29, 0.717) is 11.3 Å². The first-order valence-corrected chi connectivity index (χ1v) is 6.61. The highest BCUT2D eigenvalue weighted by molar-refractivity contribution is 9.10. The molecule has 1 amide bonds. The molecule has 20 heavy (non-hydrogen) atoms. The molecule has 1 aromatic heterocycles. The van der Waals surface area contributed by atoms with Gasteiger partial charge in [-0.3, -0.25) is 10.1 Å². The van der Waals surface area contributed by atoms with Crippen molar-refractivity contribution >= 4 is 45.1 Å². The van der Waals surface area contributed by atoms with E-state index in [0.717, 1.165) is 4.47 Å². The van der Waals surface area contributed by atoms with Gasteiger partial charge >= 0.3 is 0 Å². The summed E-state index contributed by atoms with van der Waals surface area (Å²) in [5.74, 6) is -0.144. The first kappa shape index (κ1) is 14.5. The summed E-state index contributed by atoms with van der Waals surface area (Å²) < 4.78 is 5.68. The SMILES string of the molecule is COc1cc(Cl)nc(NC(=O)c2cc(Br)ccc2N)n1. The van der Waals surface area contributed by atoms with Gasteiger partial charge in [-0.05, 0) is 18.2 Å². The molecule has 0 saturated carbocycles. The Balaban J connectivity index is 2.27. The van der Waals surface area contributed by atoms with Crippen molar-refractivity contribution in [1.82, 2.24) is 9.97 Å².